The van der Waals surface area contributed by atoms with Crippen LogP contribution in [0.25, 0.3) is 0 Å². The Balaban J connectivity index is 2.23. The highest BCUT2D eigenvalue weighted by Crippen LogP contribution is 2.27. The lowest BCUT2D eigenvalue weighted by atomic mass is 10.3. The number of nitrogens with two attached hydrogens (primary N) is 1. The average molecular weight is 210 g/mol. The van der Waals surface area contributed by atoms with Gasteiger partial charge in [-0.1, -0.05) is 23.5 Å². The van der Waals surface area contributed by atoms with Crippen LogP contribution in [0.5, 0.6) is 10.9 Å². The van der Waals surface area contributed by atoms with Crippen molar-refractivity contribution in [1.29, 1.82) is 0 Å². The second kappa shape index (κ2) is 3.63. The molecule has 0 bridgehead atoms. The first-order valence-electron chi connectivity index (χ1n) is 3.89. The number of para-hydroxylation sites is 1. The van der Waals surface area contributed by atoms with Crippen molar-refractivity contribution in [2.75, 3.05) is 5.73 Å². The third-order valence-corrected chi connectivity index (χ3v) is 2.27. The fourth-order valence-electron chi connectivity index (χ4n) is 0.937. The number of aromatic nitrogens is 1. The van der Waals surface area contributed by atoms with Gasteiger partial charge in [0, 0.05) is 5.38 Å². The number of thiazole rings is 1. The Morgan fingerprint density at radius 1 is 1.36 bits per heavy atom. The van der Waals surface area contributed by atoms with Crippen molar-refractivity contribution in [2.24, 2.45) is 0 Å². The number of benzene rings is 1. The molecule has 72 valence electrons. The van der Waals surface area contributed by atoms with Crippen LogP contribution in [0.2, 0.25) is 0 Å². The van der Waals surface area contributed by atoms with Crippen molar-refractivity contribution in [3.8, 4) is 10.9 Å². The molecule has 2 rings (SSSR count). The summed E-state index contributed by atoms with van der Waals surface area (Å²) in [6, 6.07) is 6.15. The molecule has 1 aromatic heterocycles. The van der Waals surface area contributed by atoms with E-state index in [2.05, 4.69) is 4.98 Å². The molecule has 0 spiro atoms. The lowest BCUT2D eigenvalue weighted by Gasteiger charge is -2.01. The number of nitrogen functional groups attached to an aromatic ring is 1. The Morgan fingerprint density at radius 3 is 2.79 bits per heavy atom. The van der Waals surface area contributed by atoms with Gasteiger partial charge in [0.05, 0.1) is 0 Å². The van der Waals surface area contributed by atoms with E-state index in [1.807, 2.05) is 0 Å². The first-order chi connectivity index (χ1) is 6.75. The predicted octanol–water partition coefficient (Wildman–Crippen LogP) is 2.66. The summed E-state index contributed by atoms with van der Waals surface area (Å²) < 4.78 is 18.3. The fourth-order valence-corrected chi connectivity index (χ4v) is 1.51. The van der Waals surface area contributed by atoms with Crippen molar-refractivity contribution in [2.45, 2.75) is 0 Å². The van der Waals surface area contributed by atoms with Crippen LogP contribution < -0.4 is 10.5 Å². The maximum atomic E-state index is 13.1. The smallest absolute Gasteiger partial charge is 0.280 e. The van der Waals surface area contributed by atoms with E-state index in [0.717, 1.165) is 0 Å². The monoisotopic (exact) mass is 210 g/mol. The van der Waals surface area contributed by atoms with E-state index in [1.54, 1.807) is 17.5 Å². The topological polar surface area (TPSA) is 48.1 Å². The van der Waals surface area contributed by atoms with E-state index in [4.69, 9.17) is 10.5 Å². The molecule has 0 radical (unpaired) electrons. The minimum atomic E-state index is -0.415. The van der Waals surface area contributed by atoms with E-state index in [9.17, 15) is 4.39 Å². The number of ether oxygens (including phenoxy) is 1. The van der Waals surface area contributed by atoms with Crippen molar-refractivity contribution >= 4 is 17.2 Å². The van der Waals surface area contributed by atoms with E-state index in [0.29, 0.717) is 11.0 Å². The van der Waals surface area contributed by atoms with Gasteiger partial charge in [0.2, 0.25) is 0 Å². The van der Waals surface area contributed by atoms with Gasteiger partial charge in [-0.05, 0) is 12.1 Å². The number of hydrogen-bond acceptors (Lipinski definition) is 4. The van der Waals surface area contributed by atoms with Crippen LogP contribution in [0.3, 0.4) is 0 Å². The van der Waals surface area contributed by atoms with Crippen LogP contribution in [0.15, 0.2) is 29.6 Å². The zero-order valence-electron chi connectivity index (χ0n) is 7.11. The van der Waals surface area contributed by atoms with E-state index in [-0.39, 0.29) is 5.75 Å². The molecule has 0 aliphatic rings. The maximum absolute atomic E-state index is 13.1. The van der Waals surface area contributed by atoms with Gasteiger partial charge in [0.1, 0.15) is 5.82 Å². The minimum Gasteiger partial charge on any atom is -0.428 e. The second-order valence-electron chi connectivity index (χ2n) is 2.57. The van der Waals surface area contributed by atoms with Gasteiger partial charge in [0.15, 0.2) is 11.6 Å². The lowest BCUT2D eigenvalue weighted by Crippen LogP contribution is -1.88. The first kappa shape index (κ1) is 8.96. The summed E-state index contributed by atoms with van der Waals surface area (Å²) in [6.45, 7) is 0. The Kier molecular flexibility index (Phi) is 2.32. The molecule has 0 saturated heterocycles. The minimum absolute atomic E-state index is 0.154. The van der Waals surface area contributed by atoms with Crippen molar-refractivity contribution in [1.82, 2.24) is 4.98 Å². The zero-order chi connectivity index (χ0) is 9.97. The highest BCUT2D eigenvalue weighted by molar-refractivity contribution is 7.11. The molecule has 0 fully saturated rings. The molecule has 1 heterocycles. The van der Waals surface area contributed by atoms with Crippen molar-refractivity contribution in [3.05, 3.63) is 35.5 Å². The number of hydrogen-bond donors (Lipinski definition) is 1. The summed E-state index contributed by atoms with van der Waals surface area (Å²) >= 11 is 1.23. The van der Waals surface area contributed by atoms with Crippen LogP contribution in [0.4, 0.5) is 10.2 Å². The number of halogens is 1. The van der Waals surface area contributed by atoms with Crippen LogP contribution in [-0.2, 0) is 0 Å². The molecular formula is C9H7FN2OS. The molecule has 2 aromatic rings. The Bertz CT molecular complexity index is 444. The molecule has 5 heteroatoms. The summed E-state index contributed by atoms with van der Waals surface area (Å²) in [5, 5.41) is 1.98. The van der Waals surface area contributed by atoms with Gasteiger partial charge in [-0.2, -0.15) is 4.98 Å². The number of anilines is 1. The molecule has 2 N–H and O–H groups in total. The molecule has 0 saturated carbocycles. The molecule has 14 heavy (non-hydrogen) atoms. The van der Waals surface area contributed by atoms with Gasteiger partial charge >= 0.3 is 0 Å². The molecule has 0 aliphatic heterocycles. The van der Waals surface area contributed by atoms with Gasteiger partial charge in [0.25, 0.3) is 5.19 Å². The van der Waals surface area contributed by atoms with Crippen LogP contribution in [-0.4, -0.2) is 4.98 Å². The average Bonchev–Trinajstić information content (AvgIpc) is 2.56. The summed E-state index contributed by atoms with van der Waals surface area (Å²) in [6.07, 6.45) is 0. The van der Waals surface area contributed by atoms with Crippen LogP contribution >= 0.6 is 11.3 Å². The first-order valence-corrected chi connectivity index (χ1v) is 4.77. The van der Waals surface area contributed by atoms with E-state index < -0.39 is 5.82 Å². The normalized spacial score (nSPS) is 10.1. The second-order valence-corrected chi connectivity index (χ2v) is 3.39. The standard InChI is InChI=1S/C9H7FN2OS/c10-6-3-1-2-4-7(6)13-9-12-8(11)5-14-9/h1-5H,11H2. The zero-order valence-corrected chi connectivity index (χ0v) is 7.92. The molecule has 3 nitrogen and oxygen atoms in total. The third kappa shape index (κ3) is 1.82. The SMILES string of the molecule is Nc1csc(Oc2ccccc2F)n1. The summed E-state index contributed by atoms with van der Waals surface area (Å²) in [7, 11) is 0. The molecule has 0 amide bonds. The molecule has 0 unspecified atom stereocenters. The fraction of sp³-hybridized carbons (Fsp3) is 0. The summed E-state index contributed by atoms with van der Waals surface area (Å²) in [5.41, 5.74) is 5.40. The highest BCUT2D eigenvalue weighted by atomic mass is 32.1. The van der Waals surface area contributed by atoms with Gasteiger partial charge in [-0.15, -0.1) is 0 Å². The number of rotatable bonds is 2. The highest BCUT2D eigenvalue weighted by Gasteiger charge is 2.05. The third-order valence-electron chi connectivity index (χ3n) is 1.53. The Hall–Kier alpha value is -1.62. The predicted molar refractivity (Wildman–Crippen MR) is 53.0 cm³/mol. The van der Waals surface area contributed by atoms with Crippen molar-refractivity contribution < 1.29 is 9.13 Å². The maximum Gasteiger partial charge on any atom is 0.280 e. The van der Waals surface area contributed by atoms with Crippen molar-refractivity contribution in [3.63, 3.8) is 0 Å². The Labute approximate surface area is 84.0 Å². The lowest BCUT2D eigenvalue weighted by molar-refractivity contribution is 0.440. The largest absolute Gasteiger partial charge is 0.428 e. The van der Waals surface area contributed by atoms with Crippen LogP contribution in [0.1, 0.15) is 0 Å². The Morgan fingerprint density at radius 2 is 2.14 bits per heavy atom. The van der Waals surface area contributed by atoms with E-state index >= 15 is 0 Å². The van der Waals surface area contributed by atoms with Gasteiger partial charge < -0.3 is 10.5 Å². The molecule has 1 aromatic carbocycles. The summed E-state index contributed by atoms with van der Waals surface area (Å²) in [5.74, 6) is 0.115. The molecular weight excluding hydrogens is 203 g/mol. The van der Waals surface area contributed by atoms with E-state index in [1.165, 1.54) is 23.5 Å². The molecule has 0 atom stereocenters. The van der Waals surface area contributed by atoms with Gasteiger partial charge in [-0.25, -0.2) is 4.39 Å². The quantitative estimate of drug-likeness (QED) is 0.828. The molecule has 0 aliphatic carbocycles. The summed E-state index contributed by atoms with van der Waals surface area (Å²) in [4.78, 5) is 3.85. The van der Waals surface area contributed by atoms with Gasteiger partial charge in [-0.3, -0.25) is 0 Å². The van der Waals surface area contributed by atoms with Crippen LogP contribution in [0, 0.1) is 5.82 Å². The number of nitrogens with zero attached hydrogens (tertiary/aromatic N) is 1.